The summed E-state index contributed by atoms with van der Waals surface area (Å²) >= 11 is 0. The minimum absolute atomic E-state index is 0.200. The normalized spacial score (nSPS) is 16.8. The number of amides is 1. The van der Waals surface area contributed by atoms with E-state index in [9.17, 15) is 4.79 Å². The van der Waals surface area contributed by atoms with Crippen LogP contribution in [0.5, 0.6) is 0 Å². The quantitative estimate of drug-likeness (QED) is 0.744. The van der Waals surface area contributed by atoms with Crippen molar-refractivity contribution < 1.29 is 9.32 Å². The molecule has 2 N–H and O–H groups in total. The summed E-state index contributed by atoms with van der Waals surface area (Å²) in [5, 5.41) is 14.2. The molecule has 0 aliphatic heterocycles. The Morgan fingerprint density at radius 3 is 2.84 bits per heavy atom. The van der Waals surface area contributed by atoms with Crippen molar-refractivity contribution in [1.29, 1.82) is 0 Å². The molecule has 0 spiro atoms. The molecule has 2 aromatic heterocycles. The van der Waals surface area contributed by atoms with Gasteiger partial charge in [0.25, 0.3) is 5.91 Å². The highest BCUT2D eigenvalue weighted by Gasteiger charge is 2.31. The molecule has 3 aromatic rings. The van der Waals surface area contributed by atoms with Gasteiger partial charge >= 0.3 is 0 Å². The zero-order chi connectivity index (χ0) is 16.8. The number of carbonyl (C=O) groups is 1. The third-order valence-corrected chi connectivity index (χ3v) is 4.65. The van der Waals surface area contributed by atoms with E-state index in [2.05, 4.69) is 25.7 Å². The third-order valence-electron chi connectivity index (χ3n) is 4.65. The fourth-order valence-corrected chi connectivity index (χ4v) is 2.94. The second-order valence-corrected chi connectivity index (χ2v) is 6.74. The zero-order valence-corrected chi connectivity index (χ0v) is 13.5. The summed E-state index contributed by atoms with van der Waals surface area (Å²) in [6.07, 6.45) is 5.90. The number of benzene rings is 1. The highest BCUT2D eigenvalue weighted by Crippen LogP contribution is 2.41. The highest BCUT2D eigenvalue weighted by molar-refractivity contribution is 6.05. The van der Waals surface area contributed by atoms with E-state index in [0.29, 0.717) is 28.9 Å². The minimum Gasteiger partial charge on any atom is -0.364 e. The molecule has 0 saturated heterocycles. The SMILES string of the molecule is O=C(Nc1cccc(-c2n[nH]c(C3CC3)n2)c1)c1conc1C1CC1. The highest BCUT2D eigenvalue weighted by atomic mass is 16.5. The van der Waals surface area contributed by atoms with Gasteiger partial charge in [0.05, 0.1) is 5.69 Å². The van der Waals surface area contributed by atoms with E-state index in [1.807, 2.05) is 24.3 Å². The first kappa shape index (κ1) is 14.4. The minimum atomic E-state index is -0.200. The molecule has 2 fully saturated rings. The molecular weight excluding hydrogens is 318 g/mol. The van der Waals surface area contributed by atoms with Crippen LogP contribution in [0.1, 0.15) is 59.4 Å². The Morgan fingerprint density at radius 2 is 2.04 bits per heavy atom. The lowest BCUT2D eigenvalue weighted by molar-refractivity contribution is 0.102. The Bertz CT molecular complexity index is 936. The molecule has 0 radical (unpaired) electrons. The van der Waals surface area contributed by atoms with Crippen LogP contribution in [0, 0.1) is 0 Å². The van der Waals surface area contributed by atoms with Crippen molar-refractivity contribution in [1.82, 2.24) is 20.3 Å². The van der Waals surface area contributed by atoms with Crippen LogP contribution in [0.2, 0.25) is 0 Å². The number of aromatic amines is 1. The number of hydrogen-bond donors (Lipinski definition) is 2. The lowest BCUT2D eigenvalue weighted by Gasteiger charge is -2.05. The van der Waals surface area contributed by atoms with Gasteiger partial charge in [-0.25, -0.2) is 4.98 Å². The number of aromatic nitrogens is 4. The van der Waals surface area contributed by atoms with Crippen molar-refractivity contribution in [2.24, 2.45) is 0 Å². The topological polar surface area (TPSA) is 96.7 Å². The van der Waals surface area contributed by atoms with Crippen molar-refractivity contribution in [2.45, 2.75) is 37.5 Å². The summed E-state index contributed by atoms with van der Waals surface area (Å²) in [4.78, 5) is 17.1. The maximum absolute atomic E-state index is 12.5. The molecular formula is C18H17N5O2. The Labute approximate surface area is 143 Å². The number of rotatable bonds is 5. The van der Waals surface area contributed by atoms with Gasteiger partial charge in [0.15, 0.2) is 5.82 Å². The Morgan fingerprint density at radius 1 is 1.20 bits per heavy atom. The summed E-state index contributed by atoms with van der Waals surface area (Å²) in [5.74, 6) is 2.29. The van der Waals surface area contributed by atoms with Gasteiger partial charge in [-0.15, -0.1) is 0 Å². The van der Waals surface area contributed by atoms with Crippen molar-refractivity contribution in [3.8, 4) is 11.4 Å². The number of nitrogens with zero attached hydrogens (tertiary/aromatic N) is 3. The molecule has 0 bridgehead atoms. The van der Waals surface area contributed by atoms with Gasteiger partial charge in [0, 0.05) is 23.1 Å². The lowest BCUT2D eigenvalue weighted by Crippen LogP contribution is -2.13. The number of nitrogens with one attached hydrogen (secondary N) is 2. The van der Waals surface area contributed by atoms with Gasteiger partial charge in [0.2, 0.25) is 0 Å². The van der Waals surface area contributed by atoms with Gasteiger partial charge in [-0.2, -0.15) is 5.10 Å². The lowest BCUT2D eigenvalue weighted by atomic mass is 10.1. The van der Waals surface area contributed by atoms with Gasteiger partial charge < -0.3 is 9.84 Å². The van der Waals surface area contributed by atoms with E-state index in [1.165, 1.54) is 19.1 Å². The largest absolute Gasteiger partial charge is 0.364 e. The third kappa shape index (κ3) is 2.82. The first-order valence-electron chi connectivity index (χ1n) is 8.56. The molecule has 7 heteroatoms. The summed E-state index contributed by atoms with van der Waals surface area (Å²) in [7, 11) is 0. The smallest absolute Gasteiger partial charge is 0.260 e. The van der Waals surface area contributed by atoms with Gasteiger partial charge in [-0.05, 0) is 37.8 Å². The van der Waals surface area contributed by atoms with Crippen LogP contribution in [0.3, 0.4) is 0 Å². The molecule has 126 valence electrons. The maximum atomic E-state index is 12.5. The fourth-order valence-electron chi connectivity index (χ4n) is 2.94. The van der Waals surface area contributed by atoms with Crippen molar-refractivity contribution in [2.75, 3.05) is 5.32 Å². The summed E-state index contributed by atoms with van der Waals surface area (Å²) in [5.41, 5.74) is 2.84. The van der Waals surface area contributed by atoms with Crippen molar-refractivity contribution in [3.63, 3.8) is 0 Å². The summed E-state index contributed by atoms with van der Waals surface area (Å²) in [6.45, 7) is 0. The van der Waals surface area contributed by atoms with Crippen LogP contribution in [-0.2, 0) is 0 Å². The predicted octanol–water partition coefficient (Wildman–Crippen LogP) is 3.47. The van der Waals surface area contributed by atoms with E-state index in [0.717, 1.165) is 29.9 Å². The van der Waals surface area contributed by atoms with Gasteiger partial charge in [-0.1, -0.05) is 17.3 Å². The molecule has 25 heavy (non-hydrogen) atoms. The first-order chi connectivity index (χ1) is 12.3. The Hall–Kier alpha value is -2.96. The monoisotopic (exact) mass is 335 g/mol. The second kappa shape index (κ2) is 5.54. The second-order valence-electron chi connectivity index (χ2n) is 6.74. The van der Waals surface area contributed by atoms with E-state index in [1.54, 1.807) is 0 Å². The summed E-state index contributed by atoms with van der Waals surface area (Å²) < 4.78 is 4.99. The van der Waals surface area contributed by atoms with Crippen LogP contribution < -0.4 is 5.32 Å². The standard InChI is InChI=1S/C18H17N5O2/c24-18(14-9-25-23-15(14)10-4-5-10)19-13-3-1-2-12(8-13)17-20-16(21-22-17)11-6-7-11/h1-3,8-11H,4-7H2,(H,19,24)(H,20,21,22). The van der Waals surface area contributed by atoms with Crippen LogP contribution in [-0.4, -0.2) is 26.2 Å². The van der Waals surface area contributed by atoms with E-state index >= 15 is 0 Å². The van der Waals surface area contributed by atoms with Gasteiger partial charge in [-0.3, -0.25) is 9.89 Å². The van der Waals surface area contributed by atoms with E-state index in [4.69, 9.17) is 4.52 Å². The Balaban J connectivity index is 1.37. The predicted molar refractivity (Wildman–Crippen MR) is 90.2 cm³/mol. The van der Waals surface area contributed by atoms with E-state index in [-0.39, 0.29) is 5.91 Å². The molecule has 2 saturated carbocycles. The number of hydrogen-bond acceptors (Lipinski definition) is 5. The van der Waals surface area contributed by atoms with E-state index < -0.39 is 0 Å². The number of H-pyrrole nitrogens is 1. The molecule has 5 rings (SSSR count). The molecule has 2 aliphatic rings. The van der Waals surface area contributed by atoms with Crippen molar-refractivity contribution in [3.05, 3.63) is 47.6 Å². The molecule has 2 heterocycles. The van der Waals surface area contributed by atoms with Gasteiger partial charge in [0.1, 0.15) is 17.7 Å². The molecule has 0 unspecified atom stereocenters. The average Bonchev–Trinajstić information content (AvgIpc) is 3.56. The molecule has 1 amide bonds. The fraction of sp³-hybridized carbons (Fsp3) is 0.333. The molecule has 2 aliphatic carbocycles. The molecule has 0 atom stereocenters. The zero-order valence-electron chi connectivity index (χ0n) is 13.5. The summed E-state index contributed by atoms with van der Waals surface area (Å²) in [6, 6.07) is 7.54. The Kier molecular flexibility index (Phi) is 3.19. The maximum Gasteiger partial charge on any atom is 0.260 e. The molecule has 1 aromatic carbocycles. The van der Waals surface area contributed by atoms with Crippen LogP contribution in [0.15, 0.2) is 35.1 Å². The van der Waals surface area contributed by atoms with Crippen LogP contribution in [0.4, 0.5) is 5.69 Å². The first-order valence-corrected chi connectivity index (χ1v) is 8.56. The number of carbonyl (C=O) groups excluding carboxylic acids is 1. The average molecular weight is 335 g/mol. The van der Waals surface area contributed by atoms with Crippen molar-refractivity contribution >= 4 is 11.6 Å². The molecule has 7 nitrogen and oxygen atoms in total. The van der Waals surface area contributed by atoms with Crippen LogP contribution in [0.25, 0.3) is 11.4 Å². The number of anilines is 1. The van der Waals surface area contributed by atoms with Crippen LogP contribution >= 0.6 is 0 Å².